The molecule has 5 heteroatoms. The highest BCUT2D eigenvalue weighted by molar-refractivity contribution is 5.92. The Morgan fingerprint density at radius 1 is 1.29 bits per heavy atom. The van der Waals surface area contributed by atoms with Gasteiger partial charge >= 0.3 is 0 Å². The number of aromatic nitrogens is 1. The van der Waals surface area contributed by atoms with E-state index in [9.17, 15) is 14.0 Å². The SMILES string of the molecule is Cc1ccc(F)c(CC(=O)Nc2c(C)ccn(C)c2=O)c1. The lowest BCUT2D eigenvalue weighted by atomic mass is 10.1. The van der Waals surface area contributed by atoms with Gasteiger partial charge in [0.15, 0.2) is 0 Å². The smallest absolute Gasteiger partial charge is 0.274 e. The van der Waals surface area contributed by atoms with Crippen molar-refractivity contribution in [3.63, 3.8) is 0 Å². The van der Waals surface area contributed by atoms with Gasteiger partial charge in [0.2, 0.25) is 5.91 Å². The monoisotopic (exact) mass is 288 g/mol. The number of carbonyl (C=O) groups excluding carboxylic acids is 1. The van der Waals surface area contributed by atoms with Crippen molar-refractivity contribution in [3.8, 4) is 0 Å². The van der Waals surface area contributed by atoms with Gasteiger partial charge in [-0.2, -0.15) is 0 Å². The van der Waals surface area contributed by atoms with E-state index < -0.39 is 11.7 Å². The van der Waals surface area contributed by atoms with Crippen LogP contribution in [0.5, 0.6) is 0 Å². The van der Waals surface area contributed by atoms with E-state index in [2.05, 4.69) is 5.32 Å². The summed E-state index contributed by atoms with van der Waals surface area (Å²) in [4.78, 5) is 24.0. The van der Waals surface area contributed by atoms with E-state index in [4.69, 9.17) is 0 Å². The number of hydrogen-bond donors (Lipinski definition) is 1. The molecule has 0 fully saturated rings. The van der Waals surface area contributed by atoms with Crippen molar-refractivity contribution in [2.75, 3.05) is 5.32 Å². The van der Waals surface area contributed by atoms with Crippen LogP contribution in [0.25, 0.3) is 0 Å². The van der Waals surface area contributed by atoms with Crippen LogP contribution in [0.3, 0.4) is 0 Å². The summed E-state index contributed by atoms with van der Waals surface area (Å²) in [7, 11) is 1.61. The first-order valence-electron chi connectivity index (χ1n) is 6.59. The van der Waals surface area contributed by atoms with E-state index in [-0.39, 0.29) is 17.7 Å². The van der Waals surface area contributed by atoms with Crippen molar-refractivity contribution in [1.29, 1.82) is 0 Å². The number of rotatable bonds is 3. The van der Waals surface area contributed by atoms with Crippen LogP contribution in [-0.4, -0.2) is 10.5 Å². The molecule has 0 unspecified atom stereocenters. The number of aryl methyl sites for hydroxylation is 3. The fraction of sp³-hybridized carbons (Fsp3) is 0.250. The molecule has 0 spiro atoms. The first-order valence-corrected chi connectivity index (χ1v) is 6.59. The van der Waals surface area contributed by atoms with Crippen LogP contribution in [0.1, 0.15) is 16.7 Å². The van der Waals surface area contributed by atoms with Crippen molar-refractivity contribution < 1.29 is 9.18 Å². The fourth-order valence-corrected chi connectivity index (χ4v) is 2.07. The van der Waals surface area contributed by atoms with Crippen LogP contribution in [0.2, 0.25) is 0 Å². The van der Waals surface area contributed by atoms with E-state index in [0.717, 1.165) is 5.56 Å². The molecule has 1 aromatic heterocycles. The van der Waals surface area contributed by atoms with Gasteiger partial charge in [-0.25, -0.2) is 4.39 Å². The standard InChI is InChI=1S/C16H17FN2O2/c1-10-4-5-13(17)12(8-10)9-14(20)18-15-11(2)6-7-19(3)16(15)21/h4-8H,9H2,1-3H3,(H,18,20). The van der Waals surface area contributed by atoms with Crippen LogP contribution >= 0.6 is 0 Å². The van der Waals surface area contributed by atoms with E-state index in [0.29, 0.717) is 11.1 Å². The second-order valence-corrected chi connectivity index (χ2v) is 5.11. The zero-order valence-corrected chi connectivity index (χ0v) is 12.2. The summed E-state index contributed by atoms with van der Waals surface area (Å²) in [6, 6.07) is 6.35. The van der Waals surface area contributed by atoms with Crippen molar-refractivity contribution in [1.82, 2.24) is 4.57 Å². The van der Waals surface area contributed by atoms with Crippen LogP contribution in [0, 0.1) is 19.7 Å². The lowest BCUT2D eigenvalue weighted by Crippen LogP contribution is -2.26. The molecule has 4 nitrogen and oxygen atoms in total. The lowest BCUT2D eigenvalue weighted by Gasteiger charge is -2.10. The minimum atomic E-state index is -0.423. The Morgan fingerprint density at radius 2 is 2.00 bits per heavy atom. The van der Waals surface area contributed by atoms with Crippen LogP contribution < -0.4 is 10.9 Å². The molecule has 2 aromatic rings. The molecule has 1 N–H and O–H groups in total. The topological polar surface area (TPSA) is 51.1 Å². The Hall–Kier alpha value is -2.43. The van der Waals surface area contributed by atoms with Gasteiger partial charge in [0, 0.05) is 13.2 Å². The lowest BCUT2D eigenvalue weighted by molar-refractivity contribution is -0.115. The third kappa shape index (κ3) is 3.37. The van der Waals surface area contributed by atoms with Gasteiger partial charge in [-0.15, -0.1) is 0 Å². The fourth-order valence-electron chi connectivity index (χ4n) is 2.07. The maximum Gasteiger partial charge on any atom is 0.274 e. The number of pyridine rings is 1. The summed E-state index contributed by atoms with van der Waals surface area (Å²) in [5, 5.41) is 2.58. The highest BCUT2D eigenvalue weighted by Crippen LogP contribution is 2.13. The molecule has 1 amide bonds. The minimum Gasteiger partial charge on any atom is -0.321 e. The molecule has 21 heavy (non-hydrogen) atoms. The Labute approximate surface area is 122 Å². The first kappa shape index (κ1) is 15.0. The average Bonchev–Trinajstić information content (AvgIpc) is 2.43. The maximum atomic E-state index is 13.6. The number of carbonyl (C=O) groups is 1. The first-order chi connectivity index (χ1) is 9.88. The summed E-state index contributed by atoms with van der Waals surface area (Å²) in [5.74, 6) is -0.834. The molecule has 0 aliphatic heterocycles. The molecule has 0 saturated carbocycles. The van der Waals surface area contributed by atoms with Crippen molar-refractivity contribution in [3.05, 3.63) is 63.3 Å². The summed E-state index contributed by atoms with van der Waals surface area (Å²) >= 11 is 0. The highest BCUT2D eigenvalue weighted by Gasteiger charge is 2.12. The normalized spacial score (nSPS) is 10.5. The van der Waals surface area contributed by atoms with Crippen LogP contribution in [0.15, 0.2) is 35.3 Å². The molecule has 0 aliphatic rings. The van der Waals surface area contributed by atoms with E-state index >= 15 is 0 Å². The van der Waals surface area contributed by atoms with E-state index in [1.54, 1.807) is 38.4 Å². The quantitative estimate of drug-likeness (QED) is 0.942. The second kappa shape index (κ2) is 5.91. The molecule has 2 rings (SSSR count). The van der Waals surface area contributed by atoms with Gasteiger partial charge < -0.3 is 9.88 Å². The molecular formula is C16H17FN2O2. The van der Waals surface area contributed by atoms with Gasteiger partial charge in [-0.1, -0.05) is 17.7 Å². The predicted octanol–water partition coefficient (Wildman–Crippen LogP) is 2.32. The van der Waals surface area contributed by atoms with Crippen LogP contribution in [-0.2, 0) is 18.3 Å². The minimum absolute atomic E-state index is 0.106. The Balaban J connectivity index is 2.22. The molecule has 0 aliphatic carbocycles. The largest absolute Gasteiger partial charge is 0.321 e. The number of benzene rings is 1. The number of anilines is 1. The van der Waals surface area contributed by atoms with Crippen LogP contribution in [0.4, 0.5) is 10.1 Å². The Morgan fingerprint density at radius 3 is 2.71 bits per heavy atom. The van der Waals surface area contributed by atoms with Gasteiger partial charge in [-0.05, 0) is 37.1 Å². The molecule has 0 saturated heterocycles. The Bertz CT molecular complexity index is 750. The molecule has 1 aromatic carbocycles. The van der Waals surface area contributed by atoms with E-state index in [1.807, 2.05) is 6.92 Å². The predicted molar refractivity (Wildman–Crippen MR) is 79.9 cm³/mol. The Kier molecular flexibility index (Phi) is 4.21. The summed E-state index contributed by atoms with van der Waals surface area (Å²) in [6.45, 7) is 3.57. The average molecular weight is 288 g/mol. The molecule has 0 bridgehead atoms. The zero-order chi connectivity index (χ0) is 15.6. The summed E-state index contributed by atoms with van der Waals surface area (Å²) in [6.07, 6.45) is 1.53. The number of hydrogen-bond acceptors (Lipinski definition) is 2. The third-order valence-electron chi connectivity index (χ3n) is 3.29. The number of halogens is 1. The maximum absolute atomic E-state index is 13.6. The number of nitrogens with one attached hydrogen (secondary N) is 1. The van der Waals surface area contributed by atoms with E-state index in [1.165, 1.54) is 10.6 Å². The molecular weight excluding hydrogens is 271 g/mol. The van der Waals surface area contributed by atoms with Crippen molar-refractivity contribution in [2.45, 2.75) is 20.3 Å². The second-order valence-electron chi connectivity index (χ2n) is 5.11. The number of nitrogens with zero attached hydrogens (tertiary/aromatic N) is 1. The van der Waals surface area contributed by atoms with Gasteiger partial charge in [0.25, 0.3) is 5.56 Å². The molecule has 0 radical (unpaired) electrons. The van der Waals surface area contributed by atoms with Gasteiger partial charge in [0.1, 0.15) is 11.5 Å². The molecule has 110 valence electrons. The molecule has 1 heterocycles. The number of amides is 1. The highest BCUT2D eigenvalue weighted by atomic mass is 19.1. The van der Waals surface area contributed by atoms with Gasteiger partial charge in [0.05, 0.1) is 6.42 Å². The van der Waals surface area contributed by atoms with Crippen molar-refractivity contribution >= 4 is 11.6 Å². The van der Waals surface area contributed by atoms with Crippen molar-refractivity contribution in [2.24, 2.45) is 7.05 Å². The summed E-state index contributed by atoms with van der Waals surface area (Å²) in [5.41, 5.74) is 1.83. The zero-order valence-electron chi connectivity index (χ0n) is 12.2. The van der Waals surface area contributed by atoms with Gasteiger partial charge in [-0.3, -0.25) is 9.59 Å². The third-order valence-corrected chi connectivity index (χ3v) is 3.29. The molecule has 0 atom stereocenters. The summed E-state index contributed by atoms with van der Waals surface area (Å²) < 4.78 is 15.0.